The normalized spacial score (nSPS) is 16.4. The molecule has 1 amide bonds. The predicted octanol–water partition coefficient (Wildman–Crippen LogP) is 8.21. The number of ether oxygens (including phenoxy) is 1. The third-order valence-corrected chi connectivity index (χ3v) is 10.7. The molecule has 5 heterocycles. The van der Waals surface area contributed by atoms with E-state index in [0.29, 0.717) is 52.4 Å². The topological polar surface area (TPSA) is 84.6 Å². The number of pyridine rings is 1. The summed E-state index contributed by atoms with van der Waals surface area (Å²) >= 11 is 12.7. The van der Waals surface area contributed by atoms with Crippen LogP contribution in [0.3, 0.4) is 0 Å². The quantitative estimate of drug-likeness (QED) is 0.147. The van der Waals surface area contributed by atoms with Crippen molar-refractivity contribution in [2.45, 2.75) is 33.0 Å². The van der Waals surface area contributed by atoms with Crippen LogP contribution in [0.2, 0.25) is 10.0 Å². The molecule has 3 aromatic carbocycles. The van der Waals surface area contributed by atoms with E-state index in [2.05, 4.69) is 73.8 Å². The van der Waals surface area contributed by atoms with Crippen LogP contribution in [0.15, 0.2) is 97.3 Å². The summed E-state index contributed by atoms with van der Waals surface area (Å²) in [5, 5.41) is 9.38. The summed E-state index contributed by atoms with van der Waals surface area (Å²) in [6, 6.07) is 27.0. The second-order valence-corrected chi connectivity index (χ2v) is 14.3. The van der Waals surface area contributed by atoms with Gasteiger partial charge in [0.15, 0.2) is 0 Å². The number of carbonyl (C=O) groups is 1. The fourth-order valence-corrected chi connectivity index (χ4v) is 7.37. The summed E-state index contributed by atoms with van der Waals surface area (Å²) in [6.07, 6.45) is 2.48. The number of aryl methyl sites for hydroxylation is 1. The molecule has 6 aromatic rings. The zero-order chi connectivity index (χ0) is 36.6. The first-order valence-corrected chi connectivity index (χ1v) is 18.3. The first kappa shape index (κ1) is 34.8. The molecule has 2 fully saturated rings. The zero-order valence-corrected chi connectivity index (χ0v) is 30.8. The number of anilines is 2. The number of halogens is 3. The summed E-state index contributed by atoms with van der Waals surface area (Å²) in [5.41, 5.74) is 9.00. The zero-order valence-electron chi connectivity index (χ0n) is 29.3. The van der Waals surface area contributed by atoms with Crippen molar-refractivity contribution < 1.29 is 13.9 Å². The average molecular weight is 752 g/mol. The third-order valence-electron chi connectivity index (χ3n) is 9.94. The minimum Gasteiger partial charge on any atom is -0.442 e. The number of carbonyl (C=O) groups excluding carboxylic acids is 1. The molecule has 3 aromatic heterocycles. The van der Waals surface area contributed by atoms with Crippen LogP contribution in [0, 0.1) is 19.7 Å². The number of aromatic nitrogens is 5. The van der Waals surface area contributed by atoms with Crippen molar-refractivity contribution in [3.05, 3.63) is 130 Å². The van der Waals surface area contributed by atoms with Gasteiger partial charge in [0, 0.05) is 50.3 Å². The molecule has 270 valence electrons. The molecule has 2 aliphatic rings. The Morgan fingerprint density at radius 2 is 1.66 bits per heavy atom. The van der Waals surface area contributed by atoms with Gasteiger partial charge in [0.1, 0.15) is 17.6 Å². The maximum Gasteiger partial charge on any atom is 0.414 e. The van der Waals surface area contributed by atoms with Crippen LogP contribution in [0.5, 0.6) is 0 Å². The highest BCUT2D eigenvalue weighted by Crippen LogP contribution is 2.34. The Kier molecular flexibility index (Phi) is 9.63. The Bertz CT molecular complexity index is 2270. The van der Waals surface area contributed by atoms with Crippen LogP contribution in [0.1, 0.15) is 16.8 Å². The number of piperazine rings is 1. The lowest BCUT2D eigenvalue weighted by Gasteiger charge is -2.36. The molecule has 8 rings (SSSR count). The summed E-state index contributed by atoms with van der Waals surface area (Å²) < 4.78 is 25.2. The SMILES string of the molecule is Cc1ccc(-c2cc(CN3CCN(c4ccc(N5C[C@H](Cn6cc(-c7ccccn7)nn6)OC5=O)cc4F)CC3)c(C)n2-c2ccc(Cl)c(Cl)c2)cc1. The number of cyclic esters (lactones) is 1. The highest BCUT2D eigenvalue weighted by Gasteiger charge is 2.34. The summed E-state index contributed by atoms with van der Waals surface area (Å²) in [5.74, 6) is -0.374. The maximum absolute atomic E-state index is 15.7. The number of benzene rings is 3. The van der Waals surface area contributed by atoms with E-state index in [-0.39, 0.29) is 12.4 Å². The molecule has 0 aliphatic carbocycles. The number of hydrogen-bond acceptors (Lipinski definition) is 7. The van der Waals surface area contributed by atoms with Gasteiger partial charge >= 0.3 is 6.09 Å². The van der Waals surface area contributed by atoms with Gasteiger partial charge in [-0.3, -0.25) is 14.8 Å². The van der Waals surface area contributed by atoms with E-state index < -0.39 is 12.2 Å². The molecular formula is C40H37Cl2FN8O2. The van der Waals surface area contributed by atoms with Crippen LogP contribution < -0.4 is 9.80 Å². The lowest BCUT2D eigenvalue weighted by molar-refractivity contribution is 0.129. The Morgan fingerprint density at radius 1 is 0.868 bits per heavy atom. The monoisotopic (exact) mass is 750 g/mol. The van der Waals surface area contributed by atoms with Crippen molar-refractivity contribution in [1.29, 1.82) is 0 Å². The molecule has 0 radical (unpaired) electrons. The fourth-order valence-electron chi connectivity index (χ4n) is 7.08. The van der Waals surface area contributed by atoms with Crippen LogP contribution in [-0.4, -0.2) is 74.4 Å². The lowest BCUT2D eigenvalue weighted by atomic mass is 10.1. The van der Waals surface area contributed by atoms with E-state index >= 15 is 4.39 Å². The number of rotatable bonds is 9. The second kappa shape index (κ2) is 14.7. The van der Waals surface area contributed by atoms with Gasteiger partial charge in [-0.2, -0.15) is 0 Å². The van der Waals surface area contributed by atoms with E-state index in [4.69, 9.17) is 27.9 Å². The van der Waals surface area contributed by atoms with Crippen LogP contribution in [-0.2, 0) is 17.8 Å². The average Bonchev–Trinajstić information content (AvgIpc) is 3.87. The van der Waals surface area contributed by atoms with E-state index in [0.717, 1.165) is 42.3 Å². The molecular weight excluding hydrogens is 714 g/mol. The molecule has 0 unspecified atom stereocenters. The van der Waals surface area contributed by atoms with Crippen molar-refractivity contribution in [2.24, 2.45) is 0 Å². The van der Waals surface area contributed by atoms with E-state index in [1.54, 1.807) is 29.2 Å². The Balaban J connectivity index is 0.918. The van der Waals surface area contributed by atoms with Gasteiger partial charge in [-0.15, -0.1) is 5.10 Å². The lowest BCUT2D eigenvalue weighted by Crippen LogP contribution is -2.46. The molecule has 13 heteroatoms. The van der Waals surface area contributed by atoms with Crippen molar-refractivity contribution in [2.75, 3.05) is 42.5 Å². The van der Waals surface area contributed by atoms with Gasteiger partial charge < -0.3 is 14.2 Å². The van der Waals surface area contributed by atoms with Gasteiger partial charge in [0.05, 0.1) is 52.1 Å². The minimum absolute atomic E-state index is 0.271. The van der Waals surface area contributed by atoms with E-state index in [1.807, 2.05) is 36.4 Å². The summed E-state index contributed by atoms with van der Waals surface area (Å²) in [4.78, 5) is 23.1. The van der Waals surface area contributed by atoms with Gasteiger partial charge in [0.25, 0.3) is 0 Å². The molecule has 0 spiro atoms. The van der Waals surface area contributed by atoms with E-state index in [1.165, 1.54) is 22.1 Å². The van der Waals surface area contributed by atoms with Crippen LogP contribution in [0.25, 0.3) is 28.3 Å². The molecule has 1 atom stereocenters. The van der Waals surface area contributed by atoms with Gasteiger partial charge in [-0.25, -0.2) is 13.9 Å². The van der Waals surface area contributed by atoms with E-state index in [9.17, 15) is 4.79 Å². The second-order valence-electron chi connectivity index (χ2n) is 13.5. The first-order chi connectivity index (χ1) is 25.7. The van der Waals surface area contributed by atoms with Crippen molar-refractivity contribution >= 4 is 40.7 Å². The fraction of sp³-hybridized carbons (Fsp3) is 0.250. The number of nitrogens with zero attached hydrogens (tertiary/aromatic N) is 8. The highest BCUT2D eigenvalue weighted by atomic mass is 35.5. The summed E-state index contributed by atoms with van der Waals surface area (Å²) in [6.45, 7) is 8.43. The highest BCUT2D eigenvalue weighted by molar-refractivity contribution is 6.42. The maximum atomic E-state index is 15.7. The molecule has 2 saturated heterocycles. The number of amides is 1. The third kappa shape index (κ3) is 7.24. The van der Waals surface area contributed by atoms with Crippen molar-refractivity contribution in [1.82, 2.24) is 29.4 Å². The smallest absolute Gasteiger partial charge is 0.414 e. The summed E-state index contributed by atoms with van der Waals surface area (Å²) in [7, 11) is 0. The molecule has 0 saturated carbocycles. The Morgan fingerprint density at radius 3 is 2.40 bits per heavy atom. The molecule has 53 heavy (non-hydrogen) atoms. The standard InChI is InChI=1S/C40H37Cl2FN8O2/c1-26-6-8-28(9-7-26)39-19-29(27(2)51(39)31-10-12-33(41)34(42)20-31)22-47-15-17-48(18-16-47)38-13-11-30(21-35(38)43)50-24-32(53-40(50)52)23-49-25-37(45-46-49)36-5-3-4-14-44-36/h3-14,19-21,25,32H,15-18,22-24H2,1-2H3/t32-/m0/s1. The van der Waals surface area contributed by atoms with Crippen LogP contribution >= 0.6 is 23.2 Å². The largest absolute Gasteiger partial charge is 0.442 e. The van der Waals surface area contributed by atoms with Crippen molar-refractivity contribution in [3.8, 4) is 28.3 Å². The van der Waals surface area contributed by atoms with Gasteiger partial charge in [0.2, 0.25) is 0 Å². The minimum atomic E-state index is -0.519. The molecule has 10 nitrogen and oxygen atoms in total. The molecule has 0 bridgehead atoms. The first-order valence-electron chi connectivity index (χ1n) is 17.5. The molecule has 2 aliphatic heterocycles. The Hall–Kier alpha value is -5.23. The van der Waals surface area contributed by atoms with Crippen LogP contribution in [0.4, 0.5) is 20.6 Å². The van der Waals surface area contributed by atoms with Gasteiger partial charge in [-0.1, -0.05) is 64.3 Å². The van der Waals surface area contributed by atoms with Gasteiger partial charge in [-0.05, 0) is 79.6 Å². The Labute approximate surface area is 316 Å². The molecule has 0 N–H and O–H groups in total. The van der Waals surface area contributed by atoms with Crippen molar-refractivity contribution in [3.63, 3.8) is 0 Å². The predicted molar refractivity (Wildman–Crippen MR) is 205 cm³/mol. The number of hydrogen-bond donors (Lipinski definition) is 0.